The molecule has 0 spiro atoms. The third-order valence-electron chi connectivity index (χ3n) is 4.34. The number of hydrogen-bond acceptors (Lipinski definition) is 7. The Morgan fingerprint density at radius 1 is 1.20 bits per heavy atom. The number of amides is 1. The van der Waals surface area contributed by atoms with E-state index in [1.54, 1.807) is 28.8 Å². The summed E-state index contributed by atoms with van der Waals surface area (Å²) in [7, 11) is 1.33. The van der Waals surface area contributed by atoms with Gasteiger partial charge in [-0.25, -0.2) is 0 Å². The number of carbonyl (C=O) groups is 2. The van der Waals surface area contributed by atoms with Gasteiger partial charge in [-0.3, -0.25) is 9.59 Å². The van der Waals surface area contributed by atoms with Crippen molar-refractivity contribution < 1.29 is 28.5 Å². The summed E-state index contributed by atoms with van der Waals surface area (Å²) in [6, 6.07) is 10.4. The van der Waals surface area contributed by atoms with Gasteiger partial charge >= 0.3 is 5.97 Å². The molecule has 0 N–H and O–H groups in total. The molecule has 1 aliphatic heterocycles. The van der Waals surface area contributed by atoms with Gasteiger partial charge in [0.15, 0.2) is 22.9 Å². The van der Waals surface area contributed by atoms with E-state index in [1.807, 2.05) is 12.1 Å². The molecule has 8 nitrogen and oxygen atoms in total. The van der Waals surface area contributed by atoms with Crippen molar-refractivity contribution in [3.63, 3.8) is 0 Å². The highest BCUT2D eigenvalue weighted by atomic mass is 35.5. The Morgan fingerprint density at radius 3 is 2.67 bits per heavy atom. The van der Waals surface area contributed by atoms with Gasteiger partial charge in [0.25, 0.3) is 5.91 Å². The largest absolute Gasteiger partial charge is 0.484 e. The van der Waals surface area contributed by atoms with Crippen LogP contribution in [0.3, 0.4) is 0 Å². The van der Waals surface area contributed by atoms with Gasteiger partial charge in [0.2, 0.25) is 6.79 Å². The van der Waals surface area contributed by atoms with Gasteiger partial charge in [-0.1, -0.05) is 22.9 Å². The van der Waals surface area contributed by atoms with E-state index < -0.39 is 5.91 Å². The maximum absolute atomic E-state index is 12.4. The smallest absolute Gasteiger partial charge is 0.307 e. The number of aryl methyl sites for hydroxylation is 1. The monoisotopic (exact) mass is 448 g/mol. The fourth-order valence-electron chi connectivity index (χ4n) is 2.88. The Labute approximate surface area is 180 Å². The van der Waals surface area contributed by atoms with Crippen LogP contribution in [0.2, 0.25) is 5.02 Å². The van der Waals surface area contributed by atoms with Crippen molar-refractivity contribution in [3.05, 3.63) is 46.2 Å². The van der Waals surface area contributed by atoms with Gasteiger partial charge in [-0.2, -0.15) is 4.99 Å². The lowest BCUT2D eigenvalue weighted by molar-refractivity contribution is -0.140. The first kappa shape index (κ1) is 20.2. The summed E-state index contributed by atoms with van der Waals surface area (Å²) < 4.78 is 23.7. The molecule has 0 atom stereocenters. The van der Waals surface area contributed by atoms with E-state index in [-0.39, 0.29) is 25.8 Å². The van der Waals surface area contributed by atoms with Crippen LogP contribution in [-0.4, -0.2) is 37.0 Å². The molecule has 1 aromatic heterocycles. The maximum atomic E-state index is 12.4. The van der Waals surface area contributed by atoms with Crippen molar-refractivity contribution in [2.45, 2.75) is 13.0 Å². The molecule has 3 aromatic rings. The summed E-state index contributed by atoms with van der Waals surface area (Å²) in [5.41, 5.74) is 0.790. The predicted molar refractivity (Wildman–Crippen MR) is 110 cm³/mol. The van der Waals surface area contributed by atoms with Crippen LogP contribution in [-0.2, 0) is 20.9 Å². The number of ether oxygens (including phenoxy) is 4. The van der Waals surface area contributed by atoms with Crippen LogP contribution in [0.4, 0.5) is 0 Å². The Hall–Kier alpha value is -3.04. The maximum Gasteiger partial charge on any atom is 0.307 e. The summed E-state index contributed by atoms with van der Waals surface area (Å²) in [5.74, 6) is 0.946. The molecule has 156 valence electrons. The van der Waals surface area contributed by atoms with Crippen molar-refractivity contribution in [2.75, 3.05) is 20.5 Å². The zero-order chi connectivity index (χ0) is 21.1. The second-order valence-corrected chi connectivity index (χ2v) is 7.73. The van der Waals surface area contributed by atoms with Crippen LogP contribution in [0.25, 0.3) is 10.2 Å². The Kier molecular flexibility index (Phi) is 5.91. The number of hydrogen-bond donors (Lipinski definition) is 0. The number of methoxy groups -OCH3 is 1. The number of esters is 1. The van der Waals surface area contributed by atoms with E-state index in [9.17, 15) is 9.59 Å². The second kappa shape index (κ2) is 8.76. The van der Waals surface area contributed by atoms with E-state index in [1.165, 1.54) is 18.4 Å². The van der Waals surface area contributed by atoms with Gasteiger partial charge in [-0.05, 0) is 24.3 Å². The van der Waals surface area contributed by atoms with E-state index in [2.05, 4.69) is 4.99 Å². The van der Waals surface area contributed by atoms with Crippen molar-refractivity contribution in [3.8, 4) is 17.2 Å². The summed E-state index contributed by atoms with van der Waals surface area (Å²) >= 11 is 7.16. The molecule has 0 saturated heterocycles. The molecule has 30 heavy (non-hydrogen) atoms. The molecule has 0 aliphatic carbocycles. The highest BCUT2D eigenvalue weighted by Crippen LogP contribution is 2.37. The molecule has 2 aromatic carbocycles. The lowest BCUT2D eigenvalue weighted by Gasteiger charge is -2.05. The van der Waals surface area contributed by atoms with E-state index in [4.69, 9.17) is 30.5 Å². The molecule has 0 bridgehead atoms. The van der Waals surface area contributed by atoms with Gasteiger partial charge in [0, 0.05) is 23.7 Å². The number of halogens is 1. The minimum Gasteiger partial charge on any atom is -0.484 e. The van der Waals surface area contributed by atoms with Crippen LogP contribution in [0, 0.1) is 0 Å². The summed E-state index contributed by atoms with van der Waals surface area (Å²) in [6.45, 7) is 0.235. The normalized spacial score (nSPS) is 12.9. The number of thiazole rings is 1. The third kappa shape index (κ3) is 4.42. The first-order chi connectivity index (χ1) is 14.5. The Morgan fingerprint density at radius 2 is 1.93 bits per heavy atom. The molecule has 1 aliphatic rings. The molecule has 10 heteroatoms. The van der Waals surface area contributed by atoms with E-state index in [0.717, 1.165) is 10.2 Å². The average Bonchev–Trinajstić information content (AvgIpc) is 3.33. The van der Waals surface area contributed by atoms with Crippen molar-refractivity contribution in [1.82, 2.24) is 4.57 Å². The molecule has 1 amide bonds. The van der Waals surface area contributed by atoms with E-state index >= 15 is 0 Å². The number of aromatic nitrogens is 1. The minimum atomic E-state index is -0.455. The lowest BCUT2D eigenvalue weighted by Crippen LogP contribution is -2.21. The summed E-state index contributed by atoms with van der Waals surface area (Å²) in [4.78, 5) is 28.7. The third-order valence-corrected chi connectivity index (χ3v) is 5.63. The molecule has 0 radical (unpaired) electrons. The number of fused-ring (bicyclic) bond motifs is 2. The van der Waals surface area contributed by atoms with E-state index in [0.29, 0.717) is 33.6 Å². The van der Waals surface area contributed by atoms with Crippen LogP contribution < -0.4 is 19.0 Å². The van der Waals surface area contributed by atoms with Gasteiger partial charge < -0.3 is 23.5 Å². The van der Waals surface area contributed by atoms with Crippen LogP contribution in [0.1, 0.15) is 6.42 Å². The van der Waals surface area contributed by atoms with Gasteiger partial charge in [0.05, 0.1) is 23.7 Å². The van der Waals surface area contributed by atoms with Gasteiger partial charge in [-0.15, -0.1) is 0 Å². The SMILES string of the molecule is COC(=O)CCn1c(=NC(=O)COc2ccc(Cl)cc2)sc2cc3c(cc21)OCO3. The second-order valence-electron chi connectivity index (χ2n) is 6.28. The first-order valence-corrected chi connectivity index (χ1v) is 10.2. The van der Waals surface area contributed by atoms with Gasteiger partial charge in [0.1, 0.15) is 5.75 Å². The Bertz CT molecular complexity index is 1170. The van der Waals surface area contributed by atoms with Crippen LogP contribution in [0.5, 0.6) is 17.2 Å². The number of benzene rings is 2. The number of carbonyl (C=O) groups excluding carboxylic acids is 2. The highest BCUT2D eigenvalue weighted by Gasteiger charge is 2.18. The molecule has 4 rings (SSSR count). The Balaban J connectivity index is 1.62. The molecule has 2 heterocycles. The number of rotatable bonds is 6. The molecular formula is C20H17ClN2O6S. The quantitative estimate of drug-likeness (QED) is 0.538. The lowest BCUT2D eigenvalue weighted by atomic mass is 10.3. The fourth-order valence-corrected chi connectivity index (χ4v) is 4.09. The molecular weight excluding hydrogens is 432 g/mol. The molecule has 0 fully saturated rings. The fraction of sp³-hybridized carbons (Fsp3) is 0.250. The van der Waals surface area contributed by atoms with Crippen LogP contribution in [0.15, 0.2) is 41.4 Å². The average molecular weight is 449 g/mol. The standard InChI is InChI=1S/C20H17ClN2O6S/c1-26-19(25)6-7-23-14-8-15-16(29-11-28-15)9-17(14)30-20(23)22-18(24)10-27-13-4-2-12(21)3-5-13/h2-5,8-9H,6-7,10-11H2,1H3. The summed E-state index contributed by atoms with van der Waals surface area (Å²) in [5, 5.41) is 0.579. The molecule has 0 unspecified atom stereocenters. The topological polar surface area (TPSA) is 88.4 Å². The highest BCUT2D eigenvalue weighted by molar-refractivity contribution is 7.16. The predicted octanol–water partition coefficient (Wildman–Crippen LogP) is 3.15. The van der Waals surface area contributed by atoms with Crippen molar-refractivity contribution in [1.29, 1.82) is 0 Å². The zero-order valence-corrected chi connectivity index (χ0v) is 17.5. The van der Waals surface area contributed by atoms with Crippen molar-refractivity contribution in [2.24, 2.45) is 4.99 Å². The van der Waals surface area contributed by atoms with Crippen molar-refractivity contribution >= 4 is 45.0 Å². The first-order valence-electron chi connectivity index (χ1n) is 8.99. The summed E-state index contributed by atoms with van der Waals surface area (Å²) in [6.07, 6.45) is 0.138. The molecule has 0 saturated carbocycles. The number of nitrogens with zero attached hydrogens (tertiary/aromatic N) is 2. The zero-order valence-electron chi connectivity index (χ0n) is 15.9. The van der Waals surface area contributed by atoms with Crippen LogP contribution >= 0.6 is 22.9 Å². The minimum absolute atomic E-state index is 0.138.